The SMILES string of the molecule is CN=C(C)/C=C(\C)Cl. The van der Waals surface area contributed by atoms with Gasteiger partial charge in [-0.3, -0.25) is 4.99 Å². The van der Waals surface area contributed by atoms with Crippen LogP contribution in [0.5, 0.6) is 0 Å². The third-order valence-corrected chi connectivity index (χ3v) is 0.870. The lowest BCUT2D eigenvalue weighted by Crippen LogP contribution is -1.82. The molecule has 0 spiro atoms. The first-order valence-electron chi connectivity index (χ1n) is 2.44. The van der Waals surface area contributed by atoms with Crippen LogP contribution in [0.2, 0.25) is 0 Å². The van der Waals surface area contributed by atoms with E-state index < -0.39 is 0 Å². The van der Waals surface area contributed by atoms with Crippen LogP contribution in [-0.2, 0) is 0 Å². The van der Waals surface area contributed by atoms with Crippen molar-refractivity contribution in [2.45, 2.75) is 13.8 Å². The fourth-order valence-electron chi connectivity index (χ4n) is 0.352. The van der Waals surface area contributed by atoms with Gasteiger partial charge in [0.15, 0.2) is 0 Å². The molecular weight excluding hydrogens is 122 g/mol. The van der Waals surface area contributed by atoms with Crippen molar-refractivity contribution >= 4 is 17.3 Å². The average molecular weight is 132 g/mol. The van der Waals surface area contributed by atoms with E-state index in [1.807, 2.05) is 19.9 Å². The third kappa shape index (κ3) is 3.88. The minimum atomic E-state index is 0.771. The molecule has 8 heavy (non-hydrogen) atoms. The molecule has 0 rings (SSSR count). The van der Waals surface area contributed by atoms with Crippen molar-refractivity contribution in [1.82, 2.24) is 0 Å². The van der Waals surface area contributed by atoms with Crippen LogP contribution in [0.4, 0.5) is 0 Å². The van der Waals surface area contributed by atoms with Crippen LogP contribution in [-0.4, -0.2) is 12.8 Å². The predicted molar refractivity (Wildman–Crippen MR) is 38.6 cm³/mol. The van der Waals surface area contributed by atoms with Gasteiger partial charge in [0.1, 0.15) is 0 Å². The Hall–Kier alpha value is -0.300. The zero-order valence-electron chi connectivity index (χ0n) is 5.40. The summed E-state index contributed by atoms with van der Waals surface area (Å²) in [6.07, 6.45) is 1.82. The number of hydrogen-bond donors (Lipinski definition) is 0. The normalized spacial score (nSPS) is 14.5. The first-order chi connectivity index (χ1) is 3.66. The Labute approximate surface area is 55.1 Å². The minimum Gasteiger partial charge on any atom is -0.293 e. The minimum absolute atomic E-state index is 0.771. The number of aliphatic imine (C=N–C) groups is 1. The molecule has 0 aliphatic heterocycles. The summed E-state index contributed by atoms with van der Waals surface area (Å²) >= 11 is 5.53. The van der Waals surface area contributed by atoms with Crippen molar-refractivity contribution in [3.8, 4) is 0 Å². The van der Waals surface area contributed by atoms with E-state index in [4.69, 9.17) is 11.6 Å². The Morgan fingerprint density at radius 3 is 2.12 bits per heavy atom. The van der Waals surface area contributed by atoms with E-state index in [9.17, 15) is 0 Å². The molecule has 0 saturated heterocycles. The zero-order valence-corrected chi connectivity index (χ0v) is 6.16. The van der Waals surface area contributed by atoms with Crippen LogP contribution in [0.3, 0.4) is 0 Å². The molecule has 0 fully saturated rings. The molecule has 0 aromatic heterocycles. The first kappa shape index (κ1) is 7.70. The van der Waals surface area contributed by atoms with E-state index in [2.05, 4.69) is 4.99 Å². The largest absolute Gasteiger partial charge is 0.293 e. The van der Waals surface area contributed by atoms with Crippen LogP contribution >= 0.6 is 11.6 Å². The Bertz CT molecular complexity index is 120. The first-order valence-corrected chi connectivity index (χ1v) is 2.82. The van der Waals surface area contributed by atoms with Gasteiger partial charge < -0.3 is 0 Å². The van der Waals surface area contributed by atoms with Crippen LogP contribution in [0.15, 0.2) is 16.1 Å². The summed E-state index contributed by atoms with van der Waals surface area (Å²) in [7, 11) is 1.74. The van der Waals surface area contributed by atoms with E-state index >= 15 is 0 Å². The van der Waals surface area contributed by atoms with Crippen LogP contribution < -0.4 is 0 Å². The van der Waals surface area contributed by atoms with Gasteiger partial charge in [-0.1, -0.05) is 11.6 Å². The van der Waals surface area contributed by atoms with Gasteiger partial charge in [0, 0.05) is 17.8 Å². The van der Waals surface area contributed by atoms with Gasteiger partial charge in [0.25, 0.3) is 0 Å². The molecule has 0 aromatic rings. The maximum Gasteiger partial charge on any atom is 0.0325 e. The van der Waals surface area contributed by atoms with E-state index in [1.54, 1.807) is 7.05 Å². The molecule has 0 bridgehead atoms. The van der Waals surface area contributed by atoms with Gasteiger partial charge in [-0.2, -0.15) is 0 Å². The summed E-state index contributed by atoms with van der Waals surface area (Å²) in [5, 5.41) is 0.771. The van der Waals surface area contributed by atoms with Gasteiger partial charge in [0.2, 0.25) is 0 Å². The molecule has 0 N–H and O–H groups in total. The molecule has 0 aliphatic carbocycles. The van der Waals surface area contributed by atoms with Crippen molar-refractivity contribution in [3.63, 3.8) is 0 Å². The molecule has 46 valence electrons. The van der Waals surface area contributed by atoms with Crippen molar-refractivity contribution < 1.29 is 0 Å². The van der Waals surface area contributed by atoms with Crippen LogP contribution in [0.25, 0.3) is 0 Å². The van der Waals surface area contributed by atoms with Gasteiger partial charge in [-0.25, -0.2) is 0 Å². The van der Waals surface area contributed by atoms with E-state index in [0.717, 1.165) is 10.7 Å². The fourth-order valence-corrected chi connectivity index (χ4v) is 0.510. The van der Waals surface area contributed by atoms with E-state index in [0.29, 0.717) is 0 Å². The van der Waals surface area contributed by atoms with Crippen molar-refractivity contribution in [3.05, 3.63) is 11.1 Å². The van der Waals surface area contributed by atoms with Gasteiger partial charge in [-0.05, 0) is 19.9 Å². The van der Waals surface area contributed by atoms with Crippen LogP contribution in [0, 0.1) is 0 Å². The highest BCUT2D eigenvalue weighted by Crippen LogP contribution is 1.97. The molecule has 2 heteroatoms. The average Bonchev–Trinajstić information content (AvgIpc) is 1.65. The molecule has 0 heterocycles. The fraction of sp³-hybridized carbons (Fsp3) is 0.500. The Balaban J connectivity index is 3.89. The summed E-state index contributed by atoms with van der Waals surface area (Å²) in [5.74, 6) is 0. The number of halogens is 1. The quantitative estimate of drug-likeness (QED) is 0.484. The Morgan fingerprint density at radius 2 is 2.00 bits per heavy atom. The summed E-state index contributed by atoms with van der Waals surface area (Å²) in [6.45, 7) is 3.74. The third-order valence-electron chi connectivity index (χ3n) is 0.760. The molecular formula is C6H10ClN. The Kier molecular flexibility index (Phi) is 3.53. The second-order valence-corrected chi connectivity index (χ2v) is 2.19. The summed E-state index contributed by atoms with van der Waals surface area (Å²) in [4.78, 5) is 3.88. The van der Waals surface area contributed by atoms with Crippen molar-refractivity contribution in [2.75, 3.05) is 7.05 Å². The smallest absolute Gasteiger partial charge is 0.0325 e. The number of rotatable bonds is 1. The monoisotopic (exact) mass is 131 g/mol. The second kappa shape index (κ2) is 3.67. The van der Waals surface area contributed by atoms with Gasteiger partial charge in [-0.15, -0.1) is 0 Å². The highest BCUT2D eigenvalue weighted by Gasteiger charge is 1.80. The molecule has 0 amide bonds. The molecule has 0 unspecified atom stereocenters. The van der Waals surface area contributed by atoms with Crippen molar-refractivity contribution in [2.24, 2.45) is 4.99 Å². The molecule has 1 nitrogen and oxygen atoms in total. The topological polar surface area (TPSA) is 12.4 Å². The highest BCUT2D eigenvalue weighted by atomic mass is 35.5. The standard InChI is InChI=1S/C6H10ClN/c1-5(7)4-6(2)8-3/h4H,1-3H3/b5-4+,8-6?. The maximum atomic E-state index is 5.53. The number of hydrogen-bond acceptors (Lipinski definition) is 1. The lowest BCUT2D eigenvalue weighted by atomic mass is 10.4. The summed E-state index contributed by atoms with van der Waals surface area (Å²) in [6, 6.07) is 0. The summed E-state index contributed by atoms with van der Waals surface area (Å²) in [5.41, 5.74) is 0.956. The number of nitrogens with zero attached hydrogens (tertiary/aromatic N) is 1. The Morgan fingerprint density at radius 1 is 1.50 bits per heavy atom. The van der Waals surface area contributed by atoms with Gasteiger partial charge in [0.05, 0.1) is 0 Å². The highest BCUT2D eigenvalue weighted by molar-refractivity contribution is 6.30. The lowest BCUT2D eigenvalue weighted by Gasteiger charge is -1.85. The van der Waals surface area contributed by atoms with Crippen LogP contribution in [0.1, 0.15) is 13.8 Å². The molecule has 0 aromatic carbocycles. The maximum absolute atomic E-state index is 5.53. The molecule has 0 saturated carbocycles. The van der Waals surface area contributed by atoms with Crippen molar-refractivity contribution in [1.29, 1.82) is 0 Å². The zero-order chi connectivity index (χ0) is 6.57. The summed E-state index contributed by atoms with van der Waals surface area (Å²) < 4.78 is 0. The lowest BCUT2D eigenvalue weighted by molar-refractivity contribution is 1.43. The molecule has 0 radical (unpaired) electrons. The van der Waals surface area contributed by atoms with E-state index in [-0.39, 0.29) is 0 Å². The van der Waals surface area contributed by atoms with E-state index in [1.165, 1.54) is 0 Å². The van der Waals surface area contributed by atoms with Gasteiger partial charge >= 0.3 is 0 Å². The predicted octanol–water partition coefficient (Wildman–Crippen LogP) is 2.22. The number of allylic oxidation sites excluding steroid dienone is 2. The molecule has 0 aliphatic rings. The second-order valence-electron chi connectivity index (χ2n) is 1.60. The molecule has 0 atom stereocenters.